The van der Waals surface area contributed by atoms with Gasteiger partial charge in [-0.15, -0.1) is 19.7 Å². The Labute approximate surface area is 479 Å². The number of allylic oxidation sites excluding steroid dienone is 2. The monoisotopic (exact) mass is 1110 g/mol. The molecule has 8 aromatic heterocycles. The lowest BCUT2D eigenvalue weighted by molar-refractivity contribution is 0.104. The van der Waals surface area contributed by atoms with Gasteiger partial charge in [-0.3, -0.25) is 4.98 Å². The first-order chi connectivity index (χ1) is 39.4. The zero-order chi connectivity index (χ0) is 59.7. The lowest BCUT2D eigenvalue weighted by Gasteiger charge is -2.20. The Morgan fingerprint density at radius 3 is 1.60 bits per heavy atom. The predicted molar refractivity (Wildman–Crippen MR) is 310 cm³/mol. The van der Waals surface area contributed by atoms with E-state index >= 15 is 0 Å². The molecule has 426 valence electrons. The summed E-state index contributed by atoms with van der Waals surface area (Å²) in [6.45, 7) is 30.1. The lowest BCUT2D eigenvalue weighted by Crippen LogP contribution is -2.23. The first-order valence-electron chi connectivity index (χ1n) is 26.0. The van der Waals surface area contributed by atoms with Gasteiger partial charge >= 0.3 is 0 Å². The summed E-state index contributed by atoms with van der Waals surface area (Å²) in [5.74, 6) is 5.82. The molecule has 0 amide bonds. The summed E-state index contributed by atoms with van der Waals surface area (Å²) in [4.78, 5) is 4.09. The largest absolute Gasteiger partial charge is 0.376 e. The summed E-state index contributed by atoms with van der Waals surface area (Å²) in [7, 11) is 0. The van der Waals surface area contributed by atoms with E-state index in [1.807, 2.05) is 133 Å². The number of benzene rings is 2. The first kappa shape index (κ1) is 64.7. The molecule has 2 aromatic carbocycles. The van der Waals surface area contributed by atoms with Crippen LogP contribution < -0.4 is 0 Å². The molecule has 8 heterocycles. The molecule has 10 aromatic rings. The topological polar surface area (TPSA) is 252 Å². The van der Waals surface area contributed by atoms with Crippen molar-refractivity contribution >= 4 is 0 Å². The minimum atomic E-state index is -0.332. The Morgan fingerprint density at radius 1 is 0.549 bits per heavy atom. The van der Waals surface area contributed by atoms with Crippen LogP contribution in [0.4, 0.5) is 0 Å². The van der Waals surface area contributed by atoms with Gasteiger partial charge in [-0.25, -0.2) is 0 Å². The molecule has 0 N–H and O–H groups in total. The van der Waals surface area contributed by atoms with Gasteiger partial charge in [0.2, 0.25) is 0 Å². The van der Waals surface area contributed by atoms with E-state index < -0.39 is 0 Å². The highest BCUT2D eigenvalue weighted by Crippen LogP contribution is 2.28. The van der Waals surface area contributed by atoms with E-state index in [-0.39, 0.29) is 27.6 Å². The van der Waals surface area contributed by atoms with Gasteiger partial charge in [-0.2, -0.15) is 10.5 Å². The van der Waals surface area contributed by atoms with Crippen molar-refractivity contribution in [2.45, 2.75) is 103 Å². The Hall–Kier alpha value is -9.78. The zero-order valence-corrected chi connectivity index (χ0v) is 48.1. The molecule has 18 nitrogen and oxygen atoms in total. The fourth-order valence-corrected chi connectivity index (χ4v) is 6.75. The van der Waals surface area contributed by atoms with Crippen molar-refractivity contribution < 1.29 is 36.4 Å². The molecule has 0 aliphatic carbocycles. The van der Waals surface area contributed by atoms with Gasteiger partial charge in [0.05, 0.1) is 62.7 Å². The normalized spacial score (nSPS) is 11.1. The second kappa shape index (κ2) is 33.6. The standard InChI is InChI=1S/C11H11NO.C10H15NO2.C10H9NO.C9H10N2O.C8H6N2O.C8H10N2O.C8H11NO/c1-9(11-7-8-12-13-11)10-5-3-2-4-6-10;1-4-7-12-8-10(2,3)9-5-6-11-13-9;1-2-4-9(5-3-1)8-10-6-7-11-12-10;1-4-9(2,3)8-7(5-10)6-11-12-8;1-2-5-9-7(3-1)8-4-6-10-11-8;1-8(2,4-5-9)7-3-6-10-11-7;1-4-8(2,3)7-5-6-9-10-7/h2-9H,1H3;4-6H,1,7-8H2,2-3H3;1-7H,8H2;4,6H,1H2,2-3H3;1-6H;3,6H,4H2,1-2H3;4-6H,1H2,2-3H3. The van der Waals surface area contributed by atoms with Gasteiger partial charge in [0.25, 0.3) is 0 Å². The van der Waals surface area contributed by atoms with Crippen LogP contribution in [-0.4, -0.2) is 54.3 Å². The van der Waals surface area contributed by atoms with Crippen LogP contribution in [0.1, 0.15) is 126 Å². The second-order valence-corrected chi connectivity index (χ2v) is 20.3. The summed E-state index contributed by atoms with van der Waals surface area (Å²) < 4.78 is 40.3. The van der Waals surface area contributed by atoms with Gasteiger partial charge < -0.3 is 36.4 Å². The molecule has 10 rings (SSSR count). The summed E-state index contributed by atoms with van der Waals surface area (Å²) in [5, 5.41) is 42.5. The van der Waals surface area contributed by atoms with Crippen LogP contribution in [0, 0.1) is 22.7 Å². The van der Waals surface area contributed by atoms with Gasteiger partial charge in [0, 0.05) is 83.0 Å². The molecule has 0 radical (unpaired) electrons. The quantitative estimate of drug-likeness (QED) is 0.0644. The molecule has 0 spiro atoms. The predicted octanol–water partition coefficient (Wildman–Crippen LogP) is 15.0. The fraction of sp³-hybridized carbons (Fsp3) is 0.281. The lowest BCUT2D eigenvalue weighted by atomic mass is 9.87. The van der Waals surface area contributed by atoms with Crippen LogP contribution in [0.5, 0.6) is 0 Å². The Morgan fingerprint density at radius 2 is 1.10 bits per heavy atom. The Bertz CT molecular complexity index is 3300. The van der Waals surface area contributed by atoms with E-state index in [2.05, 4.69) is 112 Å². The van der Waals surface area contributed by atoms with E-state index in [1.165, 1.54) is 17.3 Å². The highest BCUT2D eigenvalue weighted by molar-refractivity contribution is 5.50. The van der Waals surface area contributed by atoms with Crippen molar-refractivity contribution in [2.75, 3.05) is 13.2 Å². The molecule has 0 aliphatic rings. The second-order valence-electron chi connectivity index (χ2n) is 20.3. The maximum atomic E-state index is 8.68. The molecular formula is C64H72N10O8. The van der Waals surface area contributed by atoms with Crippen molar-refractivity contribution in [1.29, 1.82) is 10.5 Å². The average Bonchev–Trinajstić information content (AvgIpc) is 4.45. The number of aromatic nitrogens is 8. The highest BCUT2D eigenvalue weighted by atomic mass is 16.5. The van der Waals surface area contributed by atoms with Gasteiger partial charge in [0.1, 0.15) is 46.1 Å². The van der Waals surface area contributed by atoms with Crippen molar-refractivity contribution in [3.8, 4) is 23.6 Å². The number of hydrogen-bond donors (Lipinski definition) is 0. The number of ether oxygens (including phenoxy) is 1. The number of nitrogens with zero attached hydrogens (tertiary/aromatic N) is 10. The Balaban J connectivity index is 0.000000206. The SMILES string of the molecule is C=CC(C)(C)c1ccno1.C=CC(C)(C)c1oncc1C#N.C=CCOCC(C)(C)c1ccno1.CC(C)(CC#N)c1ccno1.CC(c1ccccc1)c1ccno1.c1ccc(-c2ccno2)nc1.c1ccc(Cc2ccno2)cc1. The van der Waals surface area contributed by atoms with E-state index in [4.69, 9.17) is 46.9 Å². The van der Waals surface area contributed by atoms with Gasteiger partial charge in [-0.05, 0) is 51.0 Å². The highest BCUT2D eigenvalue weighted by Gasteiger charge is 2.26. The minimum Gasteiger partial charge on any atom is -0.376 e. The number of pyridine rings is 1. The van der Waals surface area contributed by atoms with E-state index in [1.54, 1.807) is 67.7 Å². The van der Waals surface area contributed by atoms with E-state index in [0.717, 1.165) is 40.9 Å². The molecule has 18 heteroatoms. The van der Waals surface area contributed by atoms with E-state index in [0.29, 0.717) is 36.7 Å². The number of rotatable bonds is 16. The molecule has 0 saturated heterocycles. The maximum Gasteiger partial charge on any atom is 0.185 e. The third-order valence-electron chi connectivity index (χ3n) is 12.1. The molecule has 1 atom stereocenters. The average molecular weight is 1110 g/mol. The molecule has 0 aliphatic heterocycles. The zero-order valence-electron chi connectivity index (χ0n) is 48.1. The van der Waals surface area contributed by atoms with Crippen LogP contribution in [0.15, 0.2) is 234 Å². The van der Waals surface area contributed by atoms with Crippen molar-refractivity contribution in [3.63, 3.8) is 0 Å². The molecule has 0 fully saturated rings. The molecule has 0 bridgehead atoms. The summed E-state index contributed by atoms with van der Waals surface area (Å²) in [6, 6.07) is 41.3. The molecular weight excluding hydrogens is 1040 g/mol. The Kier molecular flexibility index (Phi) is 26.5. The van der Waals surface area contributed by atoms with Crippen molar-refractivity contribution in [3.05, 3.63) is 254 Å². The minimum absolute atomic E-state index is 0.101. The van der Waals surface area contributed by atoms with Crippen molar-refractivity contribution in [2.24, 2.45) is 0 Å². The molecule has 82 heavy (non-hydrogen) atoms. The maximum absolute atomic E-state index is 8.68. The van der Waals surface area contributed by atoms with Crippen molar-refractivity contribution in [1.82, 2.24) is 41.1 Å². The third kappa shape index (κ3) is 21.8. The summed E-state index contributed by atoms with van der Waals surface area (Å²) >= 11 is 0. The van der Waals surface area contributed by atoms with Crippen LogP contribution >= 0.6 is 0 Å². The summed E-state index contributed by atoms with van der Waals surface area (Å²) in [5.41, 5.74) is 3.00. The van der Waals surface area contributed by atoms with Crippen LogP contribution in [0.3, 0.4) is 0 Å². The van der Waals surface area contributed by atoms with Gasteiger partial charge in [0.15, 0.2) is 11.5 Å². The van der Waals surface area contributed by atoms with Gasteiger partial charge in [-0.1, -0.05) is 156 Å². The summed E-state index contributed by atoms with van der Waals surface area (Å²) in [6.07, 6.45) is 19.5. The molecule has 0 saturated carbocycles. The first-order valence-corrected chi connectivity index (χ1v) is 26.0. The smallest absolute Gasteiger partial charge is 0.185 e. The number of nitriles is 2. The van der Waals surface area contributed by atoms with Crippen LogP contribution in [-0.2, 0) is 32.8 Å². The van der Waals surface area contributed by atoms with Crippen LogP contribution in [0.25, 0.3) is 11.5 Å². The number of hydrogen-bond acceptors (Lipinski definition) is 18. The third-order valence-corrected chi connectivity index (χ3v) is 12.1. The van der Waals surface area contributed by atoms with E-state index in [9.17, 15) is 0 Å². The molecule has 1 unspecified atom stereocenters. The fourth-order valence-electron chi connectivity index (χ4n) is 6.75. The van der Waals surface area contributed by atoms with Crippen LogP contribution in [0.2, 0.25) is 0 Å².